The van der Waals surface area contributed by atoms with Crippen LogP contribution >= 0.6 is 0 Å². The highest BCUT2D eigenvalue weighted by Gasteiger charge is 2.33. The van der Waals surface area contributed by atoms with Crippen LogP contribution in [0, 0.1) is 0 Å². The number of hydrogen-bond acceptors (Lipinski definition) is 22. The van der Waals surface area contributed by atoms with E-state index in [-0.39, 0.29) is 53.7 Å². The number of sulfonamides is 2. The number of nitrogens with zero attached hydrogens (tertiary/aromatic N) is 16. The fourth-order valence-electron chi connectivity index (χ4n) is 11.6. The van der Waals surface area contributed by atoms with Crippen LogP contribution in [0.15, 0.2) is 97.1 Å². The fourth-order valence-corrected chi connectivity index (χ4v) is 13.4. The third-order valence-corrected chi connectivity index (χ3v) is 19.8. The smallest absolute Gasteiger partial charge is 0.222 e. The first kappa shape index (κ1) is 70.7. The van der Waals surface area contributed by atoms with Gasteiger partial charge in [0, 0.05) is 157 Å². The van der Waals surface area contributed by atoms with Gasteiger partial charge in [0.15, 0.2) is 23.3 Å². The Morgan fingerprint density at radius 1 is 0.417 bits per heavy atom. The molecule has 4 aromatic carbocycles. The second-order valence-corrected chi connectivity index (χ2v) is 28.5. The van der Waals surface area contributed by atoms with Crippen molar-refractivity contribution in [3.63, 3.8) is 0 Å². The van der Waals surface area contributed by atoms with E-state index >= 15 is 0 Å². The number of rotatable bonds is 12. The number of aromatic nitrogens is 8. The number of amides is 2. The first-order valence-corrected chi connectivity index (χ1v) is 34.9. The fraction of sp³-hybridized carbons (Fsp3) is 0.382. The maximum absolute atomic E-state index is 12.2. The molecule has 0 radical (unpaired) electrons. The van der Waals surface area contributed by atoms with Crippen LogP contribution in [0.5, 0.6) is 23.0 Å². The minimum absolute atomic E-state index is 0.0603. The molecule has 8 heterocycles. The lowest BCUT2D eigenvalue weighted by Gasteiger charge is -2.31. The number of phenols is 4. The Kier molecular flexibility index (Phi) is 22.1. The molecule has 4 aliphatic rings. The molecule has 0 saturated heterocycles. The van der Waals surface area contributed by atoms with Crippen molar-refractivity contribution in [2.24, 2.45) is 0 Å². The monoisotopic (exact) mass is 1350 g/mol. The Balaban J connectivity index is 0.000000150. The Morgan fingerprint density at radius 3 is 0.990 bits per heavy atom. The summed E-state index contributed by atoms with van der Waals surface area (Å²) in [6.07, 6.45) is 4.16. The van der Waals surface area contributed by atoms with E-state index in [1.165, 1.54) is 14.9 Å². The zero-order valence-corrected chi connectivity index (χ0v) is 58.0. The maximum Gasteiger partial charge on any atom is 0.222 e. The van der Waals surface area contributed by atoms with E-state index in [2.05, 4.69) is 39.9 Å². The number of para-hydroxylation sites is 4. The molecule has 0 unspecified atom stereocenters. The van der Waals surface area contributed by atoms with Gasteiger partial charge in [-0.2, -0.15) is 8.61 Å². The van der Waals surface area contributed by atoms with E-state index in [4.69, 9.17) is 0 Å². The molecule has 4 aliphatic heterocycles. The molecule has 0 aliphatic carbocycles. The van der Waals surface area contributed by atoms with Gasteiger partial charge in [-0.15, -0.1) is 0 Å². The quantitative estimate of drug-likeness (QED) is 0.0968. The van der Waals surface area contributed by atoms with Gasteiger partial charge in [0.2, 0.25) is 31.9 Å². The normalized spacial score (nSPS) is 14.3. The van der Waals surface area contributed by atoms with Crippen molar-refractivity contribution in [1.82, 2.24) is 58.3 Å². The van der Waals surface area contributed by atoms with Crippen molar-refractivity contribution in [2.45, 2.75) is 79.1 Å². The second-order valence-electron chi connectivity index (χ2n) is 24.3. The van der Waals surface area contributed by atoms with E-state index in [1.807, 2.05) is 118 Å². The predicted octanol–water partition coefficient (Wildman–Crippen LogP) is 6.89. The third kappa shape index (κ3) is 16.0. The molecule has 4 aromatic heterocycles. The summed E-state index contributed by atoms with van der Waals surface area (Å²) in [6, 6.07) is 28.0. The zero-order chi connectivity index (χ0) is 69.5. The van der Waals surface area contributed by atoms with E-state index in [0.717, 1.165) is 56.7 Å². The van der Waals surface area contributed by atoms with Crippen LogP contribution in [0.25, 0.3) is 45.6 Å². The summed E-state index contributed by atoms with van der Waals surface area (Å²) in [4.78, 5) is 71.9. The highest BCUT2D eigenvalue weighted by molar-refractivity contribution is 7.89. The molecule has 28 heteroatoms. The molecule has 2 amide bonds. The first-order valence-electron chi connectivity index (χ1n) is 31.5. The average molecular weight is 1350 g/mol. The molecule has 0 saturated carbocycles. The minimum atomic E-state index is -3.26. The van der Waals surface area contributed by atoms with Gasteiger partial charge in [-0.1, -0.05) is 55.5 Å². The van der Waals surface area contributed by atoms with Gasteiger partial charge in [-0.05, 0) is 55.5 Å². The van der Waals surface area contributed by atoms with Crippen LogP contribution < -0.4 is 19.6 Å². The Morgan fingerprint density at radius 2 is 0.698 bits per heavy atom. The number of fused-ring (bicyclic) bond motifs is 4. The molecule has 0 spiro atoms. The number of aromatic hydroxyl groups is 4. The van der Waals surface area contributed by atoms with Crippen molar-refractivity contribution in [3.8, 4) is 68.5 Å². The van der Waals surface area contributed by atoms with Crippen LogP contribution in [0.1, 0.15) is 72.2 Å². The van der Waals surface area contributed by atoms with Crippen LogP contribution in [0.3, 0.4) is 0 Å². The minimum Gasteiger partial charge on any atom is -0.507 e. The molecule has 0 atom stereocenters. The topological polar surface area (TPSA) is 312 Å². The second kappa shape index (κ2) is 30.0. The first-order chi connectivity index (χ1) is 45.6. The SMILES string of the molecule is CC(=O)N1CCc2nc(-c3ccccc3O)nc(N(C)C)c2C1.CCC(=O)N1CCc2nc(-c3ccccc3O)nc(N(C)C)c2C1.CCS(=O)(=O)N1CCc2nc(-c3ccccc3O)nc(N(C)C)c2C1.CN(C)c1nc(-c2ccccc2O)nc2c1CN(S(C)(=O)=O)CC2. The van der Waals surface area contributed by atoms with E-state index in [1.54, 1.807) is 85.5 Å². The lowest BCUT2D eigenvalue weighted by Crippen LogP contribution is -2.38. The lowest BCUT2D eigenvalue weighted by atomic mass is 10.0. The average Bonchev–Trinajstić information content (AvgIpc) is 0.794. The van der Waals surface area contributed by atoms with Gasteiger partial charge in [-0.3, -0.25) is 9.59 Å². The molecule has 508 valence electrons. The molecule has 8 aromatic rings. The number of carbonyl (C=O) groups excluding carboxylic acids is 2. The summed E-state index contributed by atoms with van der Waals surface area (Å²) in [5.74, 6) is 5.74. The van der Waals surface area contributed by atoms with Crippen molar-refractivity contribution >= 4 is 55.1 Å². The van der Waals surface area contributed by atoms with E-state index < -0.39 is 20.0 Å². The summed E-state index contributed by atoms with van der Waals surface area (Å²) in [6.45, 7) is 8.85. The van der Waals surface area contributed by atoms with Gasteiger partial charge >= 0.3 is 0 Å². The summed E-state index contributed by atoms with van der Waals surface area (Å²) in [5, 5.41) is 40.3. The molecular weight excluding hydrogens is 1260 g/mol. The van der Waals surface area contributed by atoms with Crippen molar-refractivity contribution in [2.75, 3.05) is 114 Å². The maximum atomic E-state index is 12.2. The third-order valence-electron chi connectivity index (χ3n) is 16.7. The molecular formula is C68H84N16O10S2. The van der Waals surface area contributed by atoms with Crippen LogP contribution in [-0.4, -0.2) is 202 Å². The molecule has 0 bridgehead atoms. The molecule has 96 heavy (non-hydrogen) atoms. The Hall–Kier alpha value is -9.64. The summed E-state index contributed by atoms with van der Waals surface area (Å²) in [7, 11) is 8.63. The largest absolute Gasteiger partial charge is 0.507 e. The van der Waals surface area contributed by atoms with Gasteiger partial charge < -0.3 is 49.8 Å². The Labute approximate surface area is 561 Å². The standard InChI is InChI=1S/C18H22N4O2.C17H22N4O3S.C17H20N4O2.C16H20N4O3S/c1-4-16(24)22-10-9-14-13(11-22)18(21(2)3)20-17(19-14)12-7-5-6-8-15(12)23;1-4-25(23,24)21-10-9-14-13(11-21)17(20(2)3)19-16(18-14)12-7-5-6-8-15(12)22;1-11(22)21-9-8-14-13(10-21)17(20(2)3)19-16(18-14)12-6-4-5-7-15(12)23;1-19(2)16-12-10-20(24(3,22)23)9-8-13(12)17-15(18-16)11-6-4-5-7-14(11)21/h5-8,23H,4,9-11H2,1-3H3;5-8,22H,4,9-11H2,1-3H3;4-7,23H,8-10H2,1-3H3;4-7,21H,8-10H2,1-3H3. The molecule has 12 rings (SSSR count). The number of anilines is 4. The van der Waals surface area contributed by atoms with Crippen molar-refractivity contribution < 1.29 is 46.9 Å². The highest BCUT2D eigenvalue weighted by atomic mass is 32.2. The predicted molar refractivity (Wildman–Crippen MR) is 371 cm³/mol. The van der Waals surface area contributed by atoms with Gasteiger partial charge in [0.1, 0.15) is 46.3 Å². The Bertz CT molecular complexity index is 4420. The number of carbonyl (C=O) groups is 2. The van der Waals surface area contributed by atoms with Crippen LogP contribution in [-0.2, 0) is 81.5 Å². The van der Waals surface area contributed by atoms with Gasteiger partial charge in [0.05, 0.1) is 70.1 Å². The number of benzene rings is 4. The molecule has 26 nitrogen and oxygen atoms in total. The molecule has 0 fully saturated rings. The number of phenolic OH excluding ortho intramolecular Hbond substituents is 4. The van der Waals surface area contributed by atoms with E-state index in [9.17, 15) is 46.9 Å². The van der Waals surface area contributed by atoms with Crippen LogP contribution in [0.2, 0.25) is 0 Å². The van der Waals surface area contributed by atoms with Crippen molar-refractivity contribution in [3.05, 3.63) is 142 Å². The summed E-state index contributed by atoms with van der Waals surface area (Å²) >= 11 is 0. The molecule has 4 N–H and O–H groups in total. The summed E-state index contributed by atoms with van der Waals surface area (Å²) in [5.41, 5.74) is 9.54. The van der Waals surface area contributed by atoms with Crippen molar-refractivity contribution in [1.29, 1.82) is 0 Å². The lowest BCUT2D eigenvalue weighted by molar-refractivity contribution is -0.132. The van der Waals surface area contributed by atoms with Gasteiger partial charge in [-0.25, -0.2) is 56.7 Å². The number of hydrogen-bond donors (Lipinski definition) is 4. The van der Waals surface area contributed by atoms with Crippen LogP contribution in [0.4, 0.5) is 23.3 Å². The van der Waals surface area contributed by atoms with Gasteiger partial charge in [0.25, 0.3) is 0 Å². The zero-order valence-electron chi connectivity index (χ0n) is 56.3. The highest BCUT2D eigenvalue weighted by Crippen LogP contribution is 2.37. The summed E-state index contributed by atoms with van der Waals surface area (Å²) < 4.78 is 51.1. The van der Waals surface area contributed by atoms with E-state index in [0.29, 0.717) is 129 Å².